The maximum Gasteiger partial charge on any atom is 0.231 e. The second kappa shape index (κ2) is 6.22. The van der Waals surface area contributed by atoms with Gasteiger partial charge < -0.3 is 14.6 Å². The highest BCUT2D eigenvalue weighted by Gasteiger charge is 2.38. The van der Waals surface area contributed by atoms with Crippen molar-refractivity contribution in [1.29, 1.82) is 0 Å². The SMILES string of the molecule is CCNC(C)C(c1nc(C2(C)CCCO2)no1)C(C)C. The Kier molecular flexibility index (Phi) is 4.81. The average Bonchev–Trinajstić information content (AvgIpc) is 2.99. The second-order valence-corrected chi connectivity index (χ2v) is 6.26. The standard InChI is InChI=1S/C15H27N3O2/c1-6-16-11(4)12(10(2)3)13-17-14(18-20-13)15(5)8-7-9-19-15/h10-12,16H,6-9H2,1-5H3. The van der Waals surface area contributed by atoms with Crippen molar-refractivity contribution in [3.05, 3.63) is 11.7 Å². The molecule has 0 spiro atoms. The van der Waals surface area contributed by atoms with E-state index in [2.05, 4.69) is 43.2 Å². The summed E-state index contributed by atoms with van der Waals surface area (Å²) in [4.78, 5) is 4.65. The summed E-state index contributed by atoms with van der Waals surface area (Å²) in [5.41, 5.74) is -0.370. The predicted octanol–water partition coefficient (Wildman–Crippen LogP) is 2.83. The van der Waals surface area contributed by atoms with Crippen LogP contribution >= 0.6 is 0 Å². The Morgan fingerprint density at radius 1 is 1.35 bits per heavy atom. The van der Waals surface area contributed by atoms with Gasteiger partial charge in [-0.15, -0.1) is 0 Å². The Balaban J connectivity index is 2.20. The zero-order chi connectivity index (χ0) is 14.8. The summed E-state index contributed by atoms with van der Waals surface area (Å²) >= 11 is 0. The number of hydrogen-bond donors (Lipinski definition) is 1. The van der Waals surface area contributed by atoms with Crippen LogP contribution < -0.4 is 5.32 Å². The van der Waals surface area contributed by atoms with Gasteiger partial charge in [-0.2, -0.15) is 4.98 Å². The van der Waals surface area contributed by atoms with Crippen LogP contribution in [0.25, 0.3) is 0 Å². The van der Waals surface area contributed by atoms with Gasteiger partial charge in [-0.05, 0) is 39.2 Å². The molecule has 0 radical (unpaired) electrons. The molecule has 3 unspecified atom stereocenters. The molecule has 114 valence electrons. The van der Waals surface area contributed by atoms with Crippen molar-refractivity contribution in [3.8, 4) is 0 Å². The van der Waals surface area contributed by atoms with Crippen molar-refractivity contribution in [2.75, 3.05) is 13.2 Å². The fourth-order valence-corrected chi connectivity index (χ4v) is 3.07. The smallest absolute Gasteiger partial charge is 0.231 e. The number of nitrogens with zero attached hydrogens (tertiary/aromatic N) is 2. The summed E-state index contributed by atoms with van der Waals surface area (Å²) in [7, 11) is 0. The molecule has 1 aliphatic heterocycles. The highest BCUT2D eigenvalue weighted by Crippen LogP contribution is 2.35. The van der Waals surface area contributed by atoms with Gasteiger partial charge in [0, 0.05) is 12.6 Å². The largest absolute Gasteiger partial charge is 0.367 e. The molecule has 2 heterocycles. The van der Waals surface area contributed by atoms with Gasteiger partial charge in [0.1, 0.15) is 5.60 Å². The van der Waals surface area contributed by atoms with Crippen molar-refractivity contribution in [1.82, 2.24) is 15.5 Å². The first kappa shape index (κ1) is 15.4. The number of hydrogen-bond acceptors (Lipinski definition) is 5. The molecule has 0 aliphatic carbocycles. The summed E-state index contributed by atoms with van der Waals surface area (Å²) in [6, 6.07) is 0.311. The minimum atomic E-state index is -0.370. The number of rotatable bonds is 6. The maximum atomic E-state index is 5.79. The molecule has 20 heavy (non-hydrogen) atoms. The number of ether oxygens (including phenoxy) is 1. The van der Waals surface area contributed by atoms with Gasteiger partial charge in [-0.3, -0.25) is 0 Å². The van der Waals surface area contributed by atoms with Gasteiger partial charge in [0.2, 0.25) is 11.7 Å². The normalized spacial score (nSPS) is 26.1. The minimum Gasteiger partial charge on any atom is -0.367 e. The molecule has 5 nitrogen and oxygen atoms in total. The van der Waals surface area contributed by atoms with E-state index in [-0.39, 0.29) is 11.5 Å². The molecule has 1 aliphatic rings. The van der Waals surface area contributed by atoms with Crippen LogP contribution in [0.2, 0.25) is 0 Å². The number of nitrogens with one attached hydrogen (secondary N) is 1. The predicted molar refractivity (Wildman–Crippen MR) is 77.6 cm³/mol. The van der Waals surface area contributed by atoms with Crippen LogP contribution in [0, 0.1) is 5.92 Å². The molecule has 0 amide bonds. The first-order chi connectivity index (χ1) is 9.48. The summed E-state index contributed by atoms with van der Waals surface area (Å²) in [6.07, 6.45) is 2.02. The molecule has 1 saturated heterocycles. The zero-order valence-corrected chi connectivity index (χ0v) is 13.3. The molecule has 1 fully saturated rings. The Morgan fingerprint density at radius 2 is 2.10 bits per heavy atom. The van der Waals surface area contributed by atoms with E-state index in [1.165, 1.54) is 0 Å². The molecule has 0 bridgehead atoms. The molecule has 0 aromatic carbocycles. The Morgan fingerprint density at radius 3 is 2.65 bits per heavy atom. The van der Waals surface area contributed by atoms with Gasteiger partial charge >= 0.3 is 0 Å². The fraction of sp³-hybridized carbons (Fsp3) is 0.867. The van der Waals surface area contributed by atoms with Crippen LogP contribution in [0.5, 0.6) is 0 Å². The summed E-state index contributed by atoms with van der Waals surface area (Å²) < 4.78 is 11.3. The van der Waals surface area contributed by atoms with Crippen molar-refractivity contribution in [3.63, 3.8) is 0 Å². The molecule has 1 aromatic heterocycles. The van der Waals surface area contributed by atoms with E-state index in [0.29, 0.717) is 17.8 Å². The molecule has 0 saturated carbocycles. The minimum absolute atomic E-state index is 0.223. The van der Waals surface area contributed by atoms with Gasteiger partial charge in [0.05, 0.1) is 5.92 Å². The van der Waals surface area contributed by atoms with Crippen LogP contribution in [0.15, 0.2) is 4.52 Å². The van der Waals surface area contributed by atoms with Crippen LogP contribution in [0.1, 0.15) is 65.1 Å². The van der Waals surface area contributed by atoms with Gasteiger partial charge in [-0.1, -0.05) is 25.9 Å². The average molecular weight is 281 g/mol. The number of likely N-dealkylation sites (N-methyl/N-ethyl adjacent to an activating group) is 1. The van der Waals surface area contributed by atoms with Gasteiger partial charge in [-0.25, -0.2) is 0 Å². The maximum absolute atomic E-state index is 5.79. The van der Waals surface area contributed by atoms with E-state index in [9.17, 15) is 0 Å². The lowest BCUT2D eigenvalue weighted by Gasteiger charge is -2.24. The first-order valence-corrected chi connectivity index (χ1v) is 7.69. The van der Waals surface area contributed by atoms with Crippen LogP contribution in [-0.4, -0.2) is 29.3 Å². The van der Waals surface area contributed by atoms with Crippen LogP contribution in [0.4, 0.5) is 0 Å². The molecule has 2 rings (SSSR count). The van der Waals surface area contributed by atoms with Gasteiger partial charge in [0.15, 0.2) is 0 Å². The Labute approximate surface area is 121 Å². The monoisotopic (exact) mass is 281 g/mol. The topological polar surface area (TPSA) is 60.2 Å². The summed E-state index contributed by atoms with van der Waals surface area (Å²) in [6.45, 7) is 12.4. The van der Waals surface area contributed by atoms with E-state index in [0.717, 1.165) is 31.9 Å². The van der Waals surface area contributed by atoms with E-state index < -0.39 is 0 Å². The Hall–Kier alpha value is -0.940. The quantitative estimate of drug-likeness (QED) is 0.869. The molecular formula is C15H27N3O2. The molecule has 5 heteroatoms. The molecule has 3 atom stereocenters. The highest BCUT2D eigenvalue weighted by atomic mass is 16.5. The lowest BCUT2D eigenvalue weighted by atomic mass is 9.89. The fourth-order valence-electron chi connectivity index (χ4n) is 3.07. The summed E-state index contributed by atoms with van der Waals surface area (Å²) in [5.74, 6) is 2.08. The van der Waals surface area contributed by atoms with Crippen molar-refractivity contribution >= 4 is 0 Å². The van der Waals surface area contributed by atoms with Crippen molar-refractivity contribution < 1.29 is 9.26 Å². The lowest BCUT2D eigenvalue weighted by Crippen LogP contribution is -2.34. The third-order valence-corrected chi connectivity index (χ3v) is 4.20. The highest BCUT2D eigenvalue weighted by molar-refractivity contribution is 5.06. The van der Waals surface area contributed by atoms with Crippen LogP contribution in [-0.2, 0) is 10.3 Å². The van der Waals surface area contributed by atoms with E-state index >= 15 is 0 Å². The zero-order valence-electron chi connectivity index (χ0n) is 13.3. The third-order valence-electron chi connectivity index (χ3n) is 4.20. The van der Waals surface area contributed by atoms with Gasteiger partial charge in [0.25, 0.3) is 0 Å². The molecule has 1 N–H and O–H groups in total. The van der Waals surface area contributed by atoms with Crippen molar-refractivity contribution in [2.45, 2.75) is 65.0 Å². The molecule has 1 aromatic rings. The van der Waals surface area contributed by atoms with E-state index in [4.69, 9.17) is 9.26 Å². The van der Waals surface area contributed by atoms with Crippen LogP contribution in [0.3, 0.4) is 0 Å². The second-order valence-electron chi connectivity index (χ2n) is 6.26. The first-order valence-electron chi connectivity index (χ1n) is 7.69. The third kappa shape index (κ3) is 3.04. The van der Waals surface area contributed by atoms with E-state index in [1.807, 2.05) is 6.92 Å². The van der Waals surface area contributed by atoms with E-state index in [1.54, 1.807) is 0 Å². The van der Waals surface area contributed by atoms with Crippen molar-refractivity contribution in [2.24, 2.45) is 5.92 Å². The molecular weight excluding hydrogens is 254 g/mol. The number of aromatic nitrogens is 2. The Bertz CT molecular complexity index is 425. The lowest BCUT2D eigenvalue weighted by molar-refractivity contribution is 0.00768. The summed E-state index contributed by atoms with van der Waals surface area (Å²) in [5, 5.41) is 7.63.